The molecule has 2 aromatic heterocycles. The molecule has 0 amide bonds. The van der Waals surface area contributed by atoms with Crippen molar-refractivity contribution in [3.8, 4) is 12.1 Å². The van der Waals surface area contributed by atoms with Crippen LogP contribution in [0.25, 0.3) is 28.1 Å². The van der Waals surface area contributed by atoms with Gasteiger partial charge in [0.05, 0.1) is 16.8 Å². The van der Waals surface area contributed by atoms with Crippen molar-refractivity contribution in [3.05, 3.63) is 64.0 Å². The van der Waals surface area contributed by atoms with E-state index in [4.69, 9.17) is 5.73 Å². The number of aromatic nitrogens is 2. The number of nitrogen functional groups attached to an aromatic ring is 1. The van der Waals surface area contributed by atoms with Crippen molar-refractivity contribution in [1.82, 2.24) is 9.97 Å². The number of hydrogen-bond acceptors (Lipinski definition) is 4. The molecule has 124 valence electrons. The van der Waals surface area contributed by atoms with Crippen molar-refractivity contribution in [3.63, 3.8) is 0 Å². The van der Waals surface area contributed by atoms with Crippen molar-refractivity contribution in [2.24, 2.45) is 0 Å². The Bertz CT molecular complexity index is 1230. The molecule has 1 aliphatic rings. The Balaban J connectivity index is 2.04. The highest BCUT2D eigenvalue weighted by Gasteiger charge is 2.29. The molecule has 0 aliphatic heterocycles. The second kappa shape index (κ2) is 5.61. The van der Waals surface area contributed by atoms with Crippen molar-refractivity contribution < 1.29 is 0 Å². The molecule has 0 atom stereocenters. The molecule has 0 spiro atoms. The van der Waals surface area contributed by atoms with E-state index in [1.807, 2.05) is 50.4 Å². The van der Waals surface area contributed by atoms with Gasteiger partial charge in [0.15, 0.2) is 0 Å². The third kappa shape index (κ3) is 2.05. The molecule has 0 fully saturated rings. The fraction of sp³-hybridized carbons (Fsp3) is 0.0952. The minimum atomic E-state index is 0.164. The van der Waals surface area contributed by atoms with E-state index >= 15 is 0 Å². The van der Waals surface area contributed by atoms with E-state index in [-0.39, 0.29) is 5.82 Å². The van der Waals surface area contributed by atoms with Gasteiger partial charge in [-0.1, -0.05) is 18.2 Å². The van der Waals surface area contributed by atoms with Gasteiger partial charge in [0, 0.05) is 28.2 Å². The lowest BCUT2D eigenvalue weighted by molar-refractivity contribution is 1.22. The Kier molecular flexibility index (Phi) is 3.39. The highest BCUT2D eigenvalue weighted by Crippen LogP contribution is 2.44. The first kappa shape index (κ1) is 15.7. The second-order valence-corrected chi connectivity index (χ2v) is 6.29. The van der Waals surface area contributed by atoms with Gasteiger partial charge < -0.3 is 10.7 Å². The van der Waals surface area contributed by atoms with E-state index in [0.717, 1.165) is 38.7 Å². The number of H-pyrrole nitrogens is 1. The molecule has 0 saturated heterocycles. The summed E-state index contributed by atoms with van der Waals surface area (Å²) in [5, 5.41) is 20.1. The number of nitrogens with one attached hydrogen (secondary N) is 1. The summed E-state index contributed by atoms with van der Waals surface area (Å²) in [7, 11) is 0. The summed E-state index contributed by atoms with van der Waals surface area (Å²) in [6.07, 6.45) is 3.99. The lowest BCUT2D eigenvalue weighted by Crippen LogP contribution is -2.03. The minimum absolute atomic E-state index is 0.164. The molecule has 4 rings (SSSR count). The molecule has 1 aromatic carbocycles. The molecule has 1 aliphatic carbocycles. The summed E-state index contributed by atoms with van der Waals surface area (Å²) in [5.41, 5.74) is 12.7. The molecule has 0 radical (unpaired) electrons. The third-order valence-electron chi connectivity index (χ3n) is 4.91. The molecular formula is C21H15N5. The number of pyridine rings is 1. The number of anilines is 1. The van der Waals surface area contributed by atoms with Crippen LogP contribution >= 0.6 is 0 Å². The first-order valence-corrected chi connectivity index (χ1v) is 8.17. The lowest BCUT2D eigenvalue weighted by atomic mass is 9.95. The molecule has 0 bridgehead atoms. The quantitative estimate of drug-likeness (QED) is 0.695. The van der Waals surface area contributed by atoms with Crippen LogP contribution in [0.3, 0.4) is 0 Å². The molecule has 26 heavy (non-hydrogen) atoms. The molecule has 0 unspecified atom stereocenters. The van der Waals surface area contributed by atoms with Crippen LogP contribution in [-0.2, 0) is 0 Å². The summed E-state index contributed by atoms with van der Waals surface area (Å²) in [6, 6.07) is 12.4. The number of nitriles is 2. The first-order valence-electron chi connectivity index (χ1n) is 8.17. The SMILES string of the molecule is CC1=C(C#N)c2nc(N)c(C#N)c(C)c2/C1=C\c1c[nH]c2ccccc12. The summed E-state index contributed by atoms with van der Waals surface area (Å²) in [4.78, 5) is 7.61. The van der Waals surface area contributed by atoms with E-state index in [2.05, 4.69) is 22.1 Å². The van der Waals surface area contributed by atoms with Gasteiger partial charge in [0.1, 0.15) is 18.0 Å². The van der Waals surface area contributed by atoms with Crippen LogP contribution in [0, 0.1) is 29.6 Å². The van der Waals surface area contributed by atoms with Crippen molar-refractivity contribution >= 4 is 33.9 Å². The summed E-state index contributed by atoms with van der Waals surface area (Å²) in [6.45, 7) is 3.76. The molecule has 2 heterocycles. The van der Waals surface area contributed by atoms with Gasteiger partial charge in [0.2, 0.25) is 0 Å². The van der Waals surface area contributed by atoms with Crippen molar-refractivity contribution in [1.29, 1.82) is 10.5 Å². The molecule has 0 saturated carbocycles. The highest BCUT2D eigenvalue weighted by atomic mass is 14.9. The maximum atomic E-state index is 9.62. The minimum Gasteiger partial charge on any atom is -0.383 e. The Morgan fingerprint density at radius 3 is 2.65 bits per heavy atom. The van der Waals surface area contributed by atoms with Crippen LogP contribution in [0.2, 0.25) is 0 Å². The fourth-order valence-electron chi connectivity index (χ4n) is 3.56. The van der Waals surface area contributed by atoms with Crippen LogP contribution in [0.4, 0.5) is 5.82 Å². The predicted molar refractivity (Wildman–Crippen MR) is 102 cm³/mol. The highest BCUT2D eigenvalue weighted by molar-refractivity contribution is 6.10. The van der Waals surface area contributed by atoms with E-state index < -0.39 is 0 Å². The van der Waals surface area contributed by atoms with E-state index in [1.165, 1.54) is 0 Å². The Hall–Kier alpha value is -3.83. The summed E-state index contributed by atoms with van der Waals surface area (Å²) in [5.74, 6) is 0.164. The van der Waals surface area contributed by atoms with Gasteiger partial charge in [-0.3, -0.25) is 0 Å². The fourth-order valence-corrected chi connectivity index (χ4v) is 3.56. The van der Waals surface area contributed by atoms with Gasteiger partial charge in [-0.05, 0) is 42.7 Å². The number of nitrogens with two attached hydrogens (primary N) is 1. The number of benzene rings is 1. The zero-order valence-electron chi connectivity index (χ0n) is 14.4. The first-order chi connectivity index (χ1) is 12.6. The van der Waals surface area contributed by atoms with Crippen LogP contribution in [-0.4, -0.2) is 9.97 Å². The third-order valence-corrected chi connectivity index (χ3v) is 4.91. The molecule has 3 N–H and O–H groups in total. The van der Waals surface area contributed by atoms with E-state index in [9.17, 15) is 10.5 Å². The number of aromatic amines is 1. The average molecular weight is 337 g/mol. The summed E-state index contributed by atoms with van der Waals surface area (Å²) < 4.78 is 0. The second-order valence-electron chi connectivity index (χ2n) is 6.29. The normalized spacial score (nSPS) is 14.5. The Morgan fingerprint density at radius 2 is 1.92 bits per heavy atom. The molecule has 5 nitrogen and oxygen atoms in total. The topological polar surface area (TPSA) is 102 Å². The average Bonchev–Trinajstić information content (AvgIpc) is 3.15. The maximum absolute atomic E-state index is 9.62. The number of nitrogens with zero attached hydrogens (tertiary/aromatic N) is 3. The van der Waals surface area contributed by atoms with E-state index in [0.29, 0.717) is 16.8 Å². The van der Waals surface area contributed by atoms with Crippen LogP contribution in [0.15, 0.2) is 36.0 Å². The maximum Gasteiger partial charge on any atom is 0.142 e. The van der Waals surface area contributed by atoms with Gasteiger partial charge >= 0.3 is 0 Å². The molecular weight excluding hydrogens is 322 g/mol. The Morgan fingerprint density at radius 1 is 1.15 bits per heavy atom. The predicted octanol–water partition coefficient (Wildman–Crippen LogP) is 4.18. The number of rotatable bonds is 1. The monoisotopic (exact) mass is 337 g/mol. The molecule has 5 heteroatoms. The number of allylic oxidation sites excluding steroid dienone is 3. The largest absolute Gasteiger partial charge is 0.383 e. The van der Waals surface area contributed by atoms with Gasteiger partial charge in [-0.2, -0.15) is 10.5 Å². The van der Waals surface area contributed by atoms with Crippen molar-refractivity contribution in [2.75, 3.05) is 5.73 Å². The van der Waals surface area contributed by atoms with Gasteiger partial charge in [-0.25, -0.2) is 4.98 Å². The van der Waals surface area contributed by atoms with Crippen LogP contribution in [0.5, 0.6) is 0 Å². The van der Waals surface area contributed by atoms with E-state index in [1.54, 1.807) is 0 Å². The number of hydrogen-bond donors (Lipinski definition) is 2. The summed E-state index contributed by atoms with van der Waals surface area (Å²) >= 11 is 0. The van der Waals surface area contributed by atoms with Gasteiger partial charge in [0.25, 0.3) is 0 Å². The van der Waals surface area contributed by atoms with Crippen LogP contribution in [0.1, 0.15) is 34.9 Å². The zero-order chi connectivity index (χ0) is 18.4. The Labute approximate surface area is 150 Å². The standard InChI is InChI=1S/C21H15N5/c1-11-15(7-13-10-25-18-6-4-3-5-14(13)18)19-12(2)17(9-23)21(24)26-20(19)16(11)8-22/h3-7,10,25H,1-2H3,(H2,24,26)/b15-7-. The zero-order valence-corrected chi connectivity index (χ0v) is 14.4. The van der Waals surface area contributed by atoms with Crippen LogP contribution < -0.4 is 5.73 Å². The molecule has 3 aromatic rings. The van der Waals surface area contributed by atoms with Gasteiger partial charge in [-0.15, -0.1) is 0 Å². The van der Waals surface area contributed by atoms with Crippen molar-refractivity contribution in [2.45, 2.75) is 13.8 Å². The lowest BCUT2D eigenvalue weighted by Gasteiger charge is -2.10. The smallest absolute Gasteiger partial charge is 0.142 e. The number of para-hydroxylation sites is 1. The number of fused-ring (bicyclic) bond motifs is 2.